The van der Waals surface area contributed by atoms with Crippen LogP contribution in [0, 0.1) is 0 Å². The number of rotatable bonds is 7. The zero-order chi connectivity index (χ0) is 29.7. The molecule has 1 atom stereocenters. The molecule has 1 N–H and O–H groups in total. The third kappa shape index (κ3) is 6.55. The fourth-order valence-corrected chi connectivity index (χ4v) is 3.95. The van der Waals surface area contributed by atoms with Gasteiger partial charge in [-0.25, -0.2) is 19.1 Å². The van der Waals surface area contributed by atoms with E-state index in [0.717, 1.165) is 10.5 Å². The quantitative estimate of drug-likeness (QED) is 0.325. The number of amides is 2. The van der Waals surface area contributed by atoms with Crippen LogP contribution in [0.15, 0.2) is 66.9 Å². The summed E-state index contributed by atoms with van der Waals surface area (Å²) in [6, 6.07) is 16.0. The summed E-state index contributed by atoms with van der Waals surface area (Å²) in [7, 11) is 3.08. The van der Waals surface area contributed by atoms with Gasteiger partial charge in [-0.2, -0.15) is 10.6 Å². The number of methoxy groups -OCH3 is 2. The summed E-state index contributed by atoms with van der Waals surface area (Å²) in [4.78, 5) is 49.3. The molecule has 0 aliphatic rings. The summed E-state index contributed by atoms with van der Waals surface area (Å²) < 4.78 is 17.7. The third-order valence-electron chi connectivity index (χ3n) is 5.87. The standard InChI is InChI=1S/C29H31N5O7/c1-18(33(20-10-8-7-9-11-20)28(37)40-29(2,3)4)27(36)41-32-26(35)21-17-25-30-15-14-22(34(25)31-21)19-12-13-23(38-5)24(16-19)39-6/h7-18H,1-6H3,(H,32,35)/t18-/m0/s1. The number of aromatic nitrogens is 3. The summed E-state index contributed by atoms with van der Waals surface area (Å²) in [5, 5.41) is 4.36. The molecule has 0 aliphatic heterocycles. The van der Waals surface area contributed by atoms with Crippen molar-refractivity contribution in [3.63, 3.8) is 0 Å². The van der Waals surface area contributed by atoms with Crippen LogP contribution in [-0.4, -0.2) is 58.4 Å². The van der Waals surface area contributed by atoms with Gasteiger partial charge in [0.25, 0.3) is 0 Å². The van der Waals surface area contributed by atoms with Crippen molar-refractivity contribution < 1.29 is 33.4 Å². The largest absolute Gasteiger partial charge is 0.493 e. The molecule has 0 spiro atoms. The number of hydroxylamine groups is 1. The van der Waals surface area contributed by atoms with Crippen molar-refractivity contribution in [2.75, 3.05) is 19.1 Å². The van der Waals surface area contributed by atoms with E-state index in [2.05, 4.69) is 15.6 Å². The Morgan fingerprint density at radius 2 is 1.66 bits per heavy atom. The molecular weight excluding hydrogens is 530 g/mol. The van der Waals surface area contributed by atoms with Gasteiger partial charge in [0.05, 0.1) is 19.9 Å². The van der Waals surface area contributed by atoms with Crippen molar-refractivity contribution in [3.8, 4) is 22.8 Å². The fourth-order valence-electron chi connectivity index (χ4n) is 3.95. The molecule has 12 heteroatoms. The summed E-state index contributed by atoms with van der Waals surface area (Å²) in [5.41, 5.74) is 3.47. The molecule has 2 heterocycles. The molecule has 2 amide bonds. The maximum Gasteiger partial charge on any atom is 0.415 e. The van der Waals surface area contributed by atoms with Gasteiger partial charge in [0.2, 0.25) is 0 Å². The number of para-hydroxylation sites is 1. The van der Waals surface area contributed by atoms with Crippen molar-refractivity contribution in [2.45, 2.75) is 39.3 Å². The number of benzene rings is 2. The lowest BCUT2D eigenvalue weighted by Gasteiger charge is -2.30. The van der Waals surface area contributed by atoms with E-state index in [4.69, 9.17) is 19.0 Å². The van der Waals surface area contributed by atoms with E-state index in [1.807, 2.05) is 6.07 Å². The number of ether oxygens (including phenoxy) is 3. The van der Waals surface area contributed by atoms with Gasteiger partial charge in [0, 0.05) is 23.5 Å². The van der Waals surface area contributed by atoms with Gasteiger partial charge in [-0.05, 0) is 64.1 Å². The van der Waals surface area contributed by atoms with Crippen LogP contribution in [-0.2, 0) is 14.4 Å². The van der Waals surface area contributed by atoms with Crippen molar-refractivity contribution >= 4 is 29.3 Å². The second-order valence-corrected chi connectivity index (χ2v) is 9.91. The van der Waals surface area contributed by atoms with Crippen molar-refractivity contribution in [3.05, 3.63) is 72.6 Å². The van der Waals surface area contributed by atoms with Crippen molar-refractivity contribution in [1.82, 2.24) is 20.1 Å². The van der Waals surface area contributed by atoms with Gasteiger partial charge in [-0.3, -0.25) is 9.69 Å². The molecule has 0 radical (unpaired) electrons. The molecular formula is C29H31N5O7. The van der Waals surface area contributed by atoms with Crippen LogP contribution in [0.4, 0.5) is 10.5 Å². The minimum absolute atomic E-state index is 0.0436. The number of nitrogens with one attached hydrogen (secondary N) is 1. The smallest absolute Gasteiger partial charge is 0.415 e. The fraction of sp³-hybridized carbons (Fsp3) is 0.276. The molecule has 214 valence electrons. The average Bonchev–Trinajstić information content (AvgIpc) is 3.40. The first kappa shape index (κ1) is 28.9. The molecule has 41 heavy (non-hydrogen) atoms. The Hall–Kier alpha value is -5.13. The predicted octanol–water partition coefficient (Wildman–Crippen LogP) is 4.43. The molecule has 2 aromatic carbocycles. The van der Waals surface area contributed by atoms with Gasteiger partial charge in [-0.15, -0.1) is 0 Å². The molecule has 0 saturated heterocycles. The van der Waals surface area contributed by atoms with Crippen molar-refractivity contribution in [1.29, 1.82) is 0 Å². The first-order valence-electron chi connectivity index (χ1n) is 12.7. The number of hydrogen-bond donors (Lipinski definition) is 1. The minimum atomic E-state index is -1.13. The normalized spacial score (nSPS) is 11.9. The van der Waals surface area contributed by atoms with Gasteiger partial charge in [0.1, 0.15) is 11.6 Å². The minimum Gasteiger partial charge on any atom is -0.493 e. The van der Waals surface area contributed by atoms with Crippen LogP contribution in [0.1, 0.15) is 38.2 Å². The van der Waals surface area contributed by atoms with E-state index in [1.54, 1.807) is 82.6 Å². The number of fused-ring (bicyclic) bond motifs is 1. The topological polar surface area (TPSA) is 134 Å². The number of carbonyl (C=O) groups excluding carboxylic acids is 3. The van der Waals surface area contributed by atoms with Crippen LogP contribution in [0.5, 0.6) is 11.5 Å². The van der Waals surface area contributed by atoms with Crippen LogP contribution >= 0.6 is 0 Å². The van der Waals surface area contributed by atoms with E-state index in [9.17, 15) is 14.4 Å². The molecule has 0 saturated carbocycles. The van der Waals surface area contributed by atoms with Gasteiger partial charge < -0.3 is 19.0 Å². The first-order chi connectivity index (χ1) is 19.5. The molecule has 4 aromatic rings. The van der Waals surface area contributed by atoms with Gasteiger partial charge >= 0.3 is 18.0 Å². The highest BCUT2D eigenvalue weighted by Gasteiger charge is 2.33. The lowest BCUT2D eigenvalue weighted by Crippen LogP contribution is -2.48. The molecule has 4 rings (SSSR count). The summed E-state index contributed by atoms with van der Waals surface area (Å²) in [6.45, 7) is 6.63. The summed E-state index contributed by atoms with van der Waals surface area (Å²) in [6.07, 6.45) is 0.843. The molecule has 0 aliphatic carbocycles. The second-order valence-electron chi connectivity index (χ2n) is 9.91. The Bertz CT molecular complexity index is 1560. The van der Waals surface area contributed by atoms with Crippen LogP contribution in [0.3, 0.4) is 0 Å². The monoisotopic (exact) mass is 561 g/mol. The summed E-state index contributed by atoms with van der Waals surface area (Å²) in [5.74, 6) is -0.577. The molecule has 12 nitrogen and oxygen atoms in total. The Morgan fingerprint density at radius 3 is 2.32 bits per heavy atom. The highest BCUT2D eigenvalue weighted by Crippen LogP contribution is 2.32. The van der Waals surface area contributed by atoms with E-state index < -0.39 is 29.6 Å². The lowest BCUT2D eigenvalue weighted by atomic mass is 10.1. The zero-order valence-electron chi connectivity index (χ0n) is 23.6. The Labute approximate surface area is 236 Å². The molecule has 0 unspecified atom stereocenters. The van der Waals surface area contributed by atoms with E-state index in [0.29, 0.717) is 28.5 Å². The predicted molar refractivity (Wildman–Crippen MR) is 150 cm³/mol. The lowest BCUT2D eigenvalue weighted by molar-refractivity contribution is -0.150. The number of nitrogens with zero attached hydrogens (tertiary/aromatic N) is 4. The first-order valence-corrected chi connectivity index (χ1v) is 12.7. The van der Waals surface area contributed by atoms with Crippen LogP contribution in [0.2, 0.25) is 0 Å². The average molecular weight is 562 g/mol. The number of carbonyl (C=O) groups is 3. The van der Waals surface area contributed by atoms with Crippen LogP contribution < -0.4 is 19.9 Å². The second kappa shape index (κ2) is 11.9. The SMILES string of the molecule is COc1ccc(-c2ccnc3cc(C(=O)NOC(=O)[C@H](C)N(C(=O)OC(C)(C)C)c4ccccc4)nn23)cc1OC. The van der Waals surface area contributed by atoms with E-state index in [1.165, 1.54) is 24.6 Å². The highest BCUT2D eigenvalue weighted by molar-refractivity contribution is 5.97. The van der Waals surface area contributed by atoms with E-state index in [-0.39, 0.29) is 5.69 Å². The molecule has 2 aromatic heterocycles. The summed E-state index contributed by atoms with van der Waals surface area (Å²) >= 11 is 0. The maximum absolute atomic E-state index is 13.0. The Kier molecular flexibility index (Phi) is 8.41. The van der Waals surface area contributed by atoms with Gasteiger partial charge in [-0.1, -0.05) is 18.2 Å². The Balaban J connectivity index is 1.52. The maximum atomic E-state index is 13.0. The zero-order valence-corrected chi connectivity index (χ0v) is 23.6. The number of anilines is 1. The molecule has 0 bridgehead atoms. The van der Waals surface area contributed by atoms with Crippen LogP contribution in [0.25, 0.3) is 16.9 Å². The van der Waals surface area contributed by atoms with E-state index >= 15 is 0 Å². The third-order valence-corrected chi connectivity index (χ3v) is 5.87. The Morgan fingerprint density at radius 1 is 0.951 bits per heavy atom. The molecule has 0 fully saturated rings. The van der Waals surface area contributed by atoms with Gasteiger partial charge in [0.15, 0.2) is 22.8 Å². The number of hydrogen-bond acceptors (Lipinski definition) is 9. The van der Waals surface area contributed by atoms with Crippen molar-refractivity contribution in [2.24, 2.45) is 0 Å². The highest BCUT2D eigenvalue weighted by atomic mass is 16.7.